The highest BCUT2D eigenvalue weighted by molar-refractivity contribution is 5.89. The number of nitrogens with zero attached hydrogens (tertiary/aromatic N) is 2. The van der Waals surface area contributed by atoms with Gasteiger partial charge < -0.3 is 4.74 Å². The third-order valence-electron chi connectivity index (χ3n) is 4.50. The van der Waals surface area contributed by atoms with E-state index in [0.29, 0.717) is 5.95 Å². The summed E-state index contributed by atoms with van der Waals surface area (Å²) in [5.74, 6) is 1.48. The van der Waals surface area contributed by atoms with Gasteiger partial charge in [0, 0.05) is 18.9 Å². The standard InChI is InChI=1S/C18H26N6O/c1-4-14-6-7-16-15(10-14)13(2)21-18(22-16)23-17-19-11-24(12-20-17)8-5-9-25-3/h6-7,10H,4-5,8-9,11-12H2,1-3H3,(H2,19,20,21,22,23)/p+2. The summed E-state index contributed by atoms with van der Waals surface area (Å²) in [6.45, 7) is 7.80. The van der Waals surface area contributed by atoms with Crippen LogP contribution in [0.2, 0.25) is 0 Å². The van der Waals surface area contributed by atoms with E-state index in [4.69, 9.17) is 4.74 Å². The summed E-state index contributed by atoms with van der Waals surface area (Å²) in [4.78, 5) is 14.1. The fourth-order valence-corrected chi connectivity index (χ4v) is 3.00. The van der Waals surface area contributed by atoms with Crippen LogP contribution in [-0.2, 0) is 11.2 Å². The molecule has 0 aliphatic carbocycles. The molecule has 0 saturated carbocycles. The monoisotopic (exact) mass is 344 g/mol. The number of fused-ring (bicyclic) bond motifs is 1. The zero-order valence-corrected chi connectivity index (χ0v) is 15.3. The first-order valence-electron chi connectivity index (χ1n) is 8.91. The molecule has 0 spiro atoms. The Balaban J connectivity index is 1.67. The zero-order valence-electron chi connectivity index (χ0n) is 15.3. The minimum atomic E-state index is 0.618. The lowest BCUT2D eigenvalue weighted by Gasteiger charge is -2.20. The molecule has 7 heteroatoms. The van der Waals surface area contributed by atoms with Crippen LogP contribution in [0, 0.1) is 6.92 Å². The van der Waals surface area contributed by atoms with Crippen LogP contribution in [0.25, 0.3) is 10.9 Å². The Labute approximate surface area is 148 Å². The number of benzene rings is 1. The number of methoxy groups -OCH3 is 1. The molecule has 2 aromatic rings. The fourth-order valence-electron chi connectivity index (χ4n) is 3.00. The maximum absolute atomic E-state index is 5.11. The molecule has 1 aromatic carbocycles. The van der Waals surface area contributed by atoms with Crippen molar-refractivity contribution in [3.05, 3.63) is 29.5 Å². The van der Waals surface area contributed by atoms with E-state index in [1.807, 2.05) is 6.92 Å². The van der Waals surface area contributed by atoms with E-state index >= 15 is 0 Å². The summed E-state index contributed by atoms with van der Waals surface area (Å²) in [5.41, 5.74) is 3.27. The second kappa shape index (κ2) is 8.22. The predicted octanol–water partition coefficient (Wildman–Crippen LogP) is -1.21. The molecule has 25 heavy (non-hydrogen) atoms. The van der Waals surface area contributed by atoms with E-state index in [0.717, 1.165) is 61.9 Å². The number of ether oxygens (including phenoxy) is 1. The summed E-state index contributed by atoms with van der Waals surface area (Å²) >= 11 is 0. The van der Waals surface area contributed by atoms with Crippen LogP contribution in [0.15, 0.2) is 18.2 Å². The van der Waals surface area contributed by atoms with Gasteiger partial charge in [-0.15, -0.1) is 0 Å². The average molecular weight is 344 g/mol. The summed E-state index contributed by atoms with van der Waals surface area (Å²) in [6, 6.07) is 6.38. The van der Waals surface area contributed by atoms with Gasteiger partial charge in [-0.2, -0.15) is 4.98 Å². The molecule has 0 amide bonds. The van der Waals surface area contributed by atoms with Gasteiger partial charge in [-0.05, 0) is 31.0 Å². The molecule has 134 valence electrons. The fraction of sp³-hybridized carbons (Fsp3) is 0.500. The molecular formula is C18H28N6O+2. The van der Waals surface area contributed by atoms with Crippen molar-refractivity contribution >= 4 is 22.8 Å². The van der Waals surface area contributed by atoms with E-state index < -0.39 is 0 Å². The van der Waals surface area contributed by atoms with Crippen LogP contribution in [0.5, 0.6) is 0 Å². The van der Waals surface area contributed by atoms with Gasteiger partial charge in [0.1, 0.15) is 0 Å². The van der Waals surface area contributed by atoms with Crippen molar-refractivity contribution in [1.29, 1.82) is 0 Å². The highest BCUT2D eigenvalue weighted by Gasteiger charge is 2.20. The second-order valence-corrected chi connectivity index (χ2v) is 6.39. The molecule has 3 rings (SSSR count). The summed E-state index contributed by atoms with van der Waals surface area (Å²) in [5, 5.41) is 7.75. The zero-order chi connectivity index (χ0) is 17.6. The first kappa shape index (κ1) is 17.6. The minimum Gasteiger partial charge on any atom is -0.384 e. The lowest BCUT2D eigenvalue weighted by Crippen LogP contribution is -3.24. The molecule has 4 N–H and O–H groups in total. The van der Waals surface area contributed by atoms with E-state index in [9.17, 15) is 0 Å². The largest absolute Gasteiger partial charge is 0.384 e. The van der Waals surface area contributed by atoms with E-state index in [1.54, 1.807) is 7.11 Å². The number of aromatic nitrogens is 2. The van der Waals surface area contributed by atoms with Crippen molar-refractivity contribution in [2.45, 2.75) is 26.7 Å². The van der Waals surface area contributed by atoms with E-state index in [-0.39, 0.29) is 0 Å². The van der Waals surface area contributed by atoms with Crippen molar-refractivity contribution in [1.82, 2.24) is 15.3 Å². The number of guanidine groups is 1. The smallest absolute Gasteiger partial charge is 0.359 e. The maximum atomic E-state index is 5.11. The Kier molecular flexibility index (Phi) is 5.78. The first-order valence-corrected chi connectivity index (χ1v) is 8.91. The molecule has 1 unspecified atom stereocenters. The molecule has 0 bridgehead atoms. The Bertz CT molecular complexity index is 761. The van der Waals surface area contributed by atoms with Crippen molar-refractivity contribution in [2.75, 3.05) is 38.9 Å². The van der Waals surface area contributed by atoms with E-state index in [1.165, 1.54) is 10.5 Å². The Morgan fingerprint density at radius 2 is 2.24 bits per heavy atom. The van der Waals surface area contributed by atoms with Crippen LogP contribution in [0.4, 0.5) is 5.95 Å². The molecule has 2 heterocycles. The Morgan fingerprint density at radius 3 is 2.96 bits per heavy atom. The number of hydrogen-bond donors (Lipinski definition) is 4. The summed E-state index contributed by atoms with van der Waals surface area (Å²) in [6.07, 6.45) is 2.08. The molecular weight excluding hydrogens is 316 g/mol. The highest BCUT2D eigenvalue weighted by atomic mass is 16.5. The number of aryl methyl sites for hydroxylation is 2. The molecule has 1 aromatic heterocycles. The third kappa shape index (κ3) is 4.43. The van der Waals surface area contributed by atoms with Crippen molar-refractivity contribution in [2.24, 2.45) is 0 Å². The van der Waals surface area contributed by atoms with Gasteiger partial charge >= 0.3 is 5.96 Å². The van der Waals surface area contributed by atoms with Crippen LogP contribution >= 0.6 is 0 Å². The molecule has 0 saturated heterocycles. The lowest BCUT2D eigenvalue weighted by molar-refractivity contribution is -0.980. The minimum absolute atomic E-state index is 0.618. The van der Waals surface area contributed by atoms with Gasteiger partial charge in [-0.1, -0.05) is 13.0 Å². The van der Waals surface area contributed by atoms with E-state index in [2.05, 4.69) is 50.7 Å². The molecule has 0 radical (unpaired) electrons. The van der Waals surface area contributed by atoms with Gasteiger partial charge in [0.05, 0.1) is 24.4 Å². The Hall–Kier alpha value is -2.25. The SMILES string of the molecule is CCc1ccc2nc(NC3=[NH+]C[NH+](CCCOC)CN3)nc(C)c2c1. The van der Waals surface area contributed by atoms with Crippen LogP contribution in [0.1, 0.15) is 24.6 Å². The number of rotatable bonds is 6. The highest BCUT2D eigenvalue weighted by Crippen LogP contribution is 2.19. The van der Waals surface area contributed by atoms with Gasteiger partial charge in [-0.3, -0.25) is 4.90 Å². The van der Waals surface area contributed by atoms with Crippen LogP contribution < -0.4 is 20.5 Å². The van der Waals surface area contributed by atoms with Gasteiger partial charge in [0.25, 0.3) is 5.95 Å². The number of quaternary nitrogens is 1. The molecule has 1 atom stereocenters. The van der Waals surface area contributed by atoms with Gasteiger partial charge in [0.2, 0.25) is 0 Å². The summed E-state index contributed by atoms with van der Waals surface area (Å²) in [7, 11) is 1.74. The molecule has 1 aliphatic heterocycles. The second-order valence-electron chi connectivity index (χ2n) is 6.39. The molecule has 1 aliphatic rings. The number of hydrogen-bond acceptors (Lipinski definition) is 5. The van der Waals surface area contributed by atoms with Crippen LogP contribution in [0.3, 0.4) is 0 Å². The maximum Gasteiger partial charge on any atom is 0.359 e. The van der Waals surface area contributed by atoms with Gasteiger partial charge in [-0.25, -0.2) is 20.6 Å². The third-order valence-corrected chi connectivity index (χ3v) is 4.50. The lowest BCUT2D eigenvalue weighted by atomic mass is 10.1. The quantitative estimate of drug-likeness (QED) is 0.495. The predicted molar refractivity (Wildman–Crippen MR) is 98.4 cm³/mol. The number of anilines is 1. The van der Waals surface area contributed by atoms with Gasteiger partial charge in [0.15, 0.2) is 13.3 Å². The normalized spacial score (nSPS) is 17.2. The van der Waals surface area contributed by atoms with Crippen molar-refractivity contribution in [3.63, 3.8) is 0 Å². The van der Waals surface area contributed by atoms with Crippen LogP contribution in [-0.4, -0.2) is 49.5 Å². The van der Waals surface area contributed by atoms with Crippen molar-refractivity contribution < 1.29 is 14.6 Å². The first-order chi connectivity index (χ1) is 12.2. The Morgan fingerprint density at radius 1 is 1.36 bits per heavy atom. The topological polar surface area (TPSA) is 77.5 Å². The number of nitrogens with one attached hydrogen (secondary N) is 4. The average Bonchev–Trinajstić information content (AvgIpc) is 2.63. The molecule has 0 fully saturated rings. The van der Waals surface area contributed by atoms with Crippen molar-refractivity contribution in [3.8, 4) is 0 Å². The summed E-state index contributed by atoms with van der Waals surface area (Å²) < 4.78 is 5.11. The molecule has 7 nitrogen and oxygen atoms in total.